The van der Waals surface area contributed by atoms with E-state index in [1.807, 2.05) is 13.0 Å². The molecule has 1 aromatic heterocycles. The summed E-state index contributed by atoms with van der Waals surface area (Å²) in [5.41, 5.74) is 0.558. The van der Waals surface area contributed by atoms with Crippen molar-refractivity contribution in [2.45, 2.75) is 39.5 Å². The van der Waals surface area contributed by atoms with E-state index in [2.05, 4.69) is 29.5 Å². The largest absolute Gasteiger partial charge is 0.477 e. The SMILES string of the molecule is CCN(C(=O)C1CCC(C)CC1)c1cc(I)sc1C(=O)O. The average molecular weight is 421 g/mol. The molecule has 0 radical (unpaired) electrons. The highest BCUT2D eigenvalue weighted by Gasteiger charge is 2.30. The Labute approximate surface area is 142 Å². The second-order valence-corrected chi connectivity index (χ2v) is 8.56. The first kappa shape index (κ1) is 16.7. The molecule has 1 heterocycles. The average Bonchev–Trinajstić information content (AvgIpc) is 2.82. The Balaban J connectivity index is 2.23. The minimum Gasteiger partial charge on any atom is -0.477 e. The van der Waals surface area contributed by atoms with Crippen LogP contribution in [0.25, 0.3) is 0 Å². The smallest absolute Gasteiger partial charge is 0.348 e. The minimum absolute atomic E-state index is 0.0420. The predicted molar refractivity (Wildman–Crippen MR) is 93.1 cm³/mol. The van der Waals surface area contributed by atoms with Gasteiger partial charge in [-0.15, -0.1) is 11.3 Å². The molecule has 1 aromatic rings. The van der Waals surface area contributed by atoms with Crippen molar-refractivity contribution in [3.63, 3.8) is 0 Å². The van der Waals surface area contributed by atoms with Crippen LogP contribution in [0.3, 0.4) is 0 Å². The number of thiophene rings is 1. The van der Waals surface area contributed by atoms with E-state index in [0.717, 1.165) is 28.6 Å². The highest BCUT2D eigenvalue weighted by molar-refractivity contribution is 14.1. The first-order valence-corrected chi connectivity index (χ1v) is 9.17. The van der Waals surface area contributed by atoms with Gasteiger partial charge in [0.1, 0.15) is 4.88 Å². The fourth-order valence-corrected chi connectivity index (χ4v) is 4.56. The summed E-state index contributed by atoms with van der Waals surface area (Å²) in [7, 11) is 0. The highest BCUT2D eigenvalue weighted by atomic mass is 127. The third kappa shape index (κ3) is 3.77. The number of carbonyl (C=O) groups excluding carboxylic acids is 1. The van der Waals surface area contributed by atoms with Gasteiger partial charge in [-0.1, -0.05) is 6.92 Å². The van der Waals surface area contributed by atoms with E-state index in [-0.39, 0.29) is 16.7 Å². The van der Waals surface area contributed by atoms with Gasteiger partial charge in [0.2, 0.25) is 5.91 Å². The lowest BCUT2D eigenvalue weighted by molar-refractivity contribution is -0.123. The van der Waals surface area contributed by atoms with Crippen molar-refractivity contribution in [1.29, 1.82) is 0 Å². The van der Waals surface area contributed by atoms with Crippen LogP contribution in [-0.2, 0) is 4.79 Å². The molecule has 116 valence electrons. The fraction of sp³-hybridized carbons (Fsp3) is 0.600. The van der Waals surface area contributed by atoms with Crippen molar-refractivity contribution in [3.8, 4) is 0 Å². The number of amides is 1. The van der Waals surface area contributed by atoms with Crippen LogP contribution in [0.5, 0.6) is 0 Å². The van der Waals surface area contributed by atoms with Crippen LogP contribution in [-0.4, -0.2) is 23.5 Å². The molecular weight excluding hydrogens is 401 g/mol. The molecule has 0 unspecified atom stereocenters. The number of hydrogen-bond acceptors (Lipinski definition) is 3. The third-order valence-electron chi connectivity index (χ3n) is 4.11. The molecule has 0 atom stereocenters. The van der Waals surface area contributed by atoms with Crippen molar-refractivity contribution >= 4 is 51.5 Å². The molecule has 1 saturated carbocycles. The Bertz CT molecular complexity index is 535. The summed E-state index contributed by atoms with van der Waals surface area (Å²) in [4.78, 5) is 26.0. The van der Waals surface area contributed by atoms with Crippen molar-refractivity contribution in [3.05, 3.63) is 13.8 Å². The molecule has 1 N–H and O–H groups in total. The minimum atomic E-state index is -0.957. The molecule has 6 heteroatoms. The normalized spacial score (nSPS) is 22.0. The number of halogens is 1. The lowest BCUT2D eigenvalue weighted by Crippen LogP contribution is -2.38. The van der Waals surface area contributed by atoms with Gasteiger partial charge in [0, 0.05) is 12.5 Å². The van der Waals surface area contributed by atoms with Crippen molar-refractivity contribution in [2.24, 2.45) is 11.8 Å². The number of carboxylic acid groups (broad SMARTS) is 1. The van der Waals surface area contributed by atoms with Gasteiger partial charge in [0.05, 0.1) is 8.57 Å². The zero-order valence-corrected chi connectivity index (χ0v) is 15.2. The summed E-state index contributed by atoms with van der Waals surface area (Å²) in [5, 5.41) is 9.32. The Morgan fingerprint density at radius 3 is 2.52 bits per heavy atom. The van der Waals surface area contributed by atoms with Gasteiger partial charge in [0.15, 0.2) is 0 Å². The monoisotopic (exact) mass is 421 g/mol. The van der Waals surface area contributed by atoms with Gasteiger partial charge in [-0.25, -0.2) is 4.79 Å². The molecule has 1 fully saturated rings. The van der Waals surface area contributed by atoms with Crippen LogP contribution in [0, 0.1) is 14.7 Å². The molecular formula is C15H20INO3S. The van der Waals surface area contributed by atoms with E-state index in [9.17, 15) is 14.7 Å². The molecule has 0 aliphatic heterocycles. The van der Waals surface area contributed by atoms with Gasteiger partial charge >= 0.3 is 5.97 Å². The molecule has 2 rings (SSSR count). The summed E-state index contributed by atoms with van der Waals surface area (Å²) in [6.45, 7) is 4.64. The molecule has 1 aliphatic carbocycles. The van der Waals surface area contributed by atoms with E-state index >= 15 is 0 Å². The van der Waals surface area contributed by atoms with Crippen molar-refractivity contribution in [1.82, 2.24) is 0 Å². The second kappa shape index (κ2) is 7.09. The molecule has 0 aromatic carbocycles. The third-order valence-corrected chi connectivity index (χ3v) is 5.99. The predicted octanol–water partition coefficient (Wildman–Crippen LogP) is 4.23. The summed E-state index contributed by atoms with van der Waals surface area (Å²) in [5.74, 6) is -0.135. The van der Waals surface area contributed by atoms with Crippen LogP contribution in [0.1, 0.15) is 49.2 Å². The molecule has 0 saturated heterocycles. The molecule has 1 aliphatic rings. The summed E-state index contributed by atoms with van der Waals surface area (Å²) in [6.07, 6.45) is 4.00. The zero-order chi connectivity index (χ0) is 15.6. The highest BCUT2D eigenvalue weighted by Crippen LogP contribution is 2.35. The van der Waals surface area contributed by atoms with E-state index < -0.39 is 5.97 Å². The Hall–Kier alpha value is -0.630. The lowest BCUT2D eigenvalue weighted by Gasteiger charge is -2.30. The molecule has 4 nitrogen and oxygen atoms in total. The first-order chi connectivity index (χ1) is 9.93. The quantitative estimate of drug-likeness (QED) is 0.741. The number of rotatable bonds is 4. The molecule has 1 amide bonds. The van der Waals surface area contributed by atoms with Gasteiger partial charge in [-0.3, -0.25) is 4.79 Å². The Morgan fingerprint density at radius 1 is 1.38 bits per heavy atom. The Kier molecular flexibility index (Phi) is 5.65. The summed E-state index contributed by atoms with van der Waals surface area (Å²) in [6, 6.07) is 1.81. The second-order valence-electron chi connectivity index (χ2n) is 5.61. The molecule has 0 spiro atoms. The van der Waals surface area contributed by atoms with Gasteiger partial charge in [0.25, 0.3) is 0 Å². The standard InChI is InChI=1S/C15H20INO3S/c1-3-17(11-8-12(16)21-13(11)15(19)20)14(18)10-6-4-9(2)5-7-10/h8-10H,3-7H2,1-2H3,(H,19,20). The van der Waals surface area contributed by atoms with Crippen LogP contribution >= 0.6 is 33.9 Å². The number of aromatic carboxylic acids is 1. The van der Waals surface area contributed by atoms with E-state index in [1.165, 1.54) is 11.3 Å². The van der Waals surface area contributed by atoms with Crippen LogP contribution in [0.4, 0.5) is 5.69 Å². The van der Waals surface area contributed by atoms with Crippen LogP contribution in [0.15, 0.2) is 6.07 Å². The number of carbonyl (C=O) groups is 2. The maximum atomic E-state index is 12.8. The summed E-state index contributed by atoms with van der Waals surface area (Å²) >= 11 is 3.33. The maximum Gasteiger partial charge on any atom is 0.348 e. The lowest BCUT2D eigenvalue weighted by atomic mass is 9.82. The number of nitrogens with zero attached hydrogens (tertiary/aromatic N) is 1. The van der Waals surface area contributed by atoms with Crippen molar-refractivity contribution in [2.75, 3.05) is 11.4 Å². The summed E-state index contributed by atoms with van der Waals surface area (Å²) < 4.78 is 0.892. The van der Waals surface area contributed by atoms with E-state index in [4.69, 9.17) is 0 Å². The zero-order valence-electron chi connectivity index (χ0n) is 12.3. The van der Waals surface area contributed by atoms with Crippen molar-refractivity contribution < 1.29 is 14.7 Å². The Morgan fingerprint density at radius 2 is 2.00 bits per heavy atom. The van der Waals surface area contributed by atoms with Crippen LogP contribution < -0.4 is 4.90 Å². The van der Waals surface area contributed by atoms with Gasteiger partial charge in [-0.05, 0) is 67.2 Å². The van der Waals surface area contributed by atoms with E-state index in [0.29, 0.717) is 18.2 Å². The first-order valence-electron chi connectivity index (χ1n) is 7.28. The fourth-order valence-electron chi connectivity index (χ4n) is 2.88. The number of carboxylic acids is 1. The molecule has 0 bridgehead atoms. The van der Waals surface area contributed by atoms with Gasteiger partial charge in [-0.2, -0.15) is 0 Å². The maximum absolute atomic E-state index is 12.8. The van der Waals surface area contributed by atoms with E-state index in [1.54, 1.807) is 4.90 Å². The number of hydrogen-bond donors (Lipinski definition) is 1. The van der Waals surface area contributed by atoms with Crippen LogP contribution in [0.2, 0.25) is 0 Å². The topological polar surface area (TPSA) is 57.6 Å². The van der Waals surface area contributed by atoms with Gasteiger partial charge < -0.3 is 10.0 Å². The molecule has 21 heavy (non-hydrogen) atoms. The number of anilines is 1.